The Hall–Kier alpha value is -0.890. The van der Waals surface area contributed by atoms with E-state index in [0.717, 1.165) is 12.0 Å². The first-order chi connectivity index (χ1) is 6.25. The fourth-order valence-electron chi connectivity index (χ4n) is 1.77. The summed E-state index contributed by atoms with van der Waals surface area (Å²) in [7, 11) is 0. The van der Waals surface area contributed by atoms with E-state index in [2.05, 4.69) is 4.98 Å². The third kappa shape index (κ3) is 1.89. The fraction of sp³-hybridized carbons (Fsp3) is 0.400. The molecule has 1 atom stereocenters. The Morgan fingerprint density at radius 2 is 2.38 bits per heavy atom. The maximum atomic E-state index is 11.1. The highest BCUT2D eigenvalue weighted by Gasteiger charge is 2.23. The third-order valence-electron chi connectivity index (χ3n) is 2.47. The lowest BCUT2D eigenvalue weighted by Gasteiger charge is -2.07. The summed E-state index contributed by atoms with van der Waals surface area (Å²) in [6.07, 6.45) is 4.03. The highest BCUT2D eigenvalue weighted by Crippen LogP contribution is 2.32. The molecule has 1 aliphatic carbocycles. The molecule has 0 amide bonds. The van der Waals surface area contributed by atoms with Crippen LogP contribution in [0.1, 0.15) is 30.7 Å². The molecular weight excluding hydrogens is 186 g/mol. The van der Waals surface area contributed by atoms with Gasteiger partial charge in [0.2, 0.25) is 0 Å². The van der Waals surface area contributed by atoms with Crippen LogP contribution >= 0.6 is 11.6 Å². The van der Waals surface area contributed by atoms with Gasteiger partial charge in [0, 0.05) is 19.0 Å². The van der Waals surface area contributed by atoms with Crippen molar-refractivity contribution in [2.24, 2.45) is 0 Å². The number of aromatic nitrogens is 1. The number of Topliss-reactive ketones (excluding diaryl/α,β-unsaturated/α-hetero) is 1. The van der Waals surface area contributed by atoms with Crippen LogP contribution in [0.5, 0.6) is 0 Å². The Kier molecular flexibility index (Phi) is 2.32. The van der Waals surface area contributed by atoms with E-state index in [0.29, 0.717) is 29.7 Å². The van der Waals surface area contributed by atoms with Crippen molar-refractivity contribution in [3.63, 3.8) is 0 Å². The summed E-state index contributed by atoms with van der Waals surface area (Å²) in [6.45, 7) is 0. The minimum atomic E-state index is 0.359. The van der Waals surface area contributed by atoms with Gasteiger partial charge in [-0.2, -0.15) is 0 Å². The highest BCUT2D eigenvalue weighted by atomic mass is 35.5. The van der Waals surface area contributed by atoms with Crippen LogP contribution in [0.3, 0.4) is 0 Å². The van der Waals surface area contributed by atoms with Gasteiger partial charge in [0.05, 0.1) is 0 Å². The van der Waals surface area contributed by atoms with Gasteiger partial charge in [0.25, 0.3) is 0 Å². The van der Waals surface area contributed by atoms with Gasteiger partial charge < -0.3 is 0 Å². The molecule has 3 heteroatoms. The van der Waals surface area contributed by atoms with Gasteiger partial charge in [-0.1, -0.05) is 11.6 Å². The van der Waals surface area contributed by atoms with Gasteiger partial charge in [-0.25, -0.2) is 4.98 Å². The van der Waals surface area contributed by atoms with Gasteiger partial charge >= 0.3 is 0 Å². The summed E-state index contributed by atoms with van der Waals surface area (Å²) in [5.41, 5.74) is 1.14. The van der Waals surface area contributed by atoms with Crippen LogP contribution in [0.25, 0.3) is 0 Å². The van der Waals surface area contributed by atoms with Crippen molar-refractivity contribution < 1.29 is 4.79 Å². The topological polar surface area (TPSA) is 30.0 Å². The monoisotopic (exact) mass is 195 g/mol. The van der Waals surface area contributed by atoms with E-state index in [9.17, 15) is 4.79 Å². The van der Waals surface area contributed by atoms with Crippen molar-refractivity contribution in [3.05, 3.63) is 29.0 Å². The number of carbonyl (C=O) groups excluding carboxylic acids is 1. The van der Waals surface area contributed by atoms with Gasteiger partial charge in [-0.3, -0.25) is 4.79 Å². The molecule has 0 saturated heterocycles. The van der Waals surface area contributed by atoms with E-state index in [-0.39, 0.29) is 0 Å². The average molecular weight is 196 g/mol. The number of ketones is 1. The van der Waals surface area contributed by atoms with E-state index in [1.165, 1.54) is 0 Å². The molecular formula is C10H10ClNO. The predicted molar refractivity (Wildman–Crippen MR) is 50.8 cm³/mol. The maximum absolute atomic E-state index is 11.1. The zero-order valence-corrected chi connectivity index (χ0v) is 7.92. The van der Waals surface area contributed by atoms with Gasteiger partial charge in [-0.05, 0) is 30.0 Å². The summed E-state index contributed by atoms with van der Waals surface area (Å²) in [6, 6.07) is 3.79. The largest absolute Gasteiger partial charge is 0.300 e. The quantitative estimate of drug-likeness (QED) is 0.645. The molecule has 1 aromatic heterocycles. The van der Waals surface area contributed by atoms with E-state index in [4.69, 9.17) is 11.6 Å². The summed E-state index contributed by atoms with van der Waals surface area (Å²) >= 11 is 5.76. The molecule has 1 heterocycles. The first kappa shape index (κ1) is 8.70. The van der Waals surface area contributed by atoms with E-state index >= 15 is 0 Å². The van der Waals surface area contributed by atoms with Crippen molar-refractivity contribution in [3.8, 4) is 0 Å². The summed E-state index contributed by atoms with van der Waals surface area (Å²) in [5.74, 6) is 0.728. The number of pyridine rings is 1. The number of rotatable bonds is 1. The van der Waals surface area contributed by atoms with Crippen LogP contribution in [0.2, 0.25) is 5.15 Å². The molecule has 1 fully saturated rings. The molecule has 2 nitrogen and oxygen atoms in total. The second kappa shape index (κ2) is 3.46. The molecule has 0 aromatic carbocycles. The molecule has 1 aliphatic rings. The molecule has 1 saturated carbocycles. The lowest BCUT2D eigenvalue weighted by atomic mass is 9.99. The third-order valence-corrected chi connectivity index (χ3v) is 2.67. The number of hydrogen-bond acceptors (Lipinski definition) is 2. The lowest BCUT2D eigenvalue weighted by molar-refractivity contribution is -0.117. The Labute approximate surface area is 81.9 Å². The van der Waals surface area contributed by atoms with Crippen LogP contribution in [-0.4, -0.2) is 10.8 Å². The van der Waals surface area contributed by atoms with Crippen molar-refractivity contribution in [2.75, 3.05) is 0 Å². The number of carbonyl (C=O) groups is 1. The molecule has 68 valence electrons. The average Bonchev–Trinajstić information content (AvgIpc) is 2.52. The smallest absolute Gasteiger partial charge is 0.133 e. The molecule has 0 aliphatic heterocycles. The minimum Gasteiger partial charge on any atom is -0.300 e. The zero-order chi connectivity index (χ0) is 9.26. The Morgan fingerprint density at radius 1 is 1.54 bits per heavy atom. The normalized spacial score (nSPS) is 22.2. The van der Waals surface area contributed by atoms with Crippen molar-refractivity contribution in [1.82, 2.24) is 4.98 Å². The number of nitrogens with zero attached hydrogens (tertiary/aromatic N) is 1. The van der Waals surface area contributed by atoms with Crippen LogP contribution in [0.4, 0.5) is 0 Å². The second-order valence-electron chi connectivity index (χ2n) is 3.39. The van der Waals surface area contributed by atoms with Crippen LogP contribution in [-0.2, 0) is 4.79 Å². The van der Waals surface area contributed by atoms with Crippen molar-refractivity contribution in [2.45, 2.75) is 25.2 Å². The Morgan fingerprint density at radius 3 is 3.00 bits per heavy atom. The predicted octanol–water partition coefficient (Wildman–Crippen LogP) is 2.57. The summed E-state index contributed by atoms with van der Waals surface area (Å²) < 4.78 is 0. The second-order valence-corrected chi connectivity index (χ2v) is 3.78. The standard InChI is InChI=1S/C10H10ClNO/c11-10-6-8(3-4-12-10)7-1-2-9(13)5-7/h3-4,6-7H,1-2,5H2. The molecule has 13 heavy (non-hydrogen) atoms. The number of hydrogen-bond donors (Lipinski definition) is 0. The van der Waals surface area contributed by atoms with E-state index in [1.54, 1.807) is 6.20 Å². The van der Waals surface area contributed by atoms with E-state index < -0.39 is 0 Å². The number of halogens is 1. The molecule has 0 spiro atoms. The Balaban J connectivity index is 2.21. The van der Waals surface area contributed by atoms with Crippen LogP contribution < -0.4 is 0 Å². The van der Waals surface area contributed by atoms with Crippen LogP contribution in [0, 0.1) is 0 Å². The fourth-order valence-corrected chi connectivity index (χ4v) is 1.95. The first-order valence-electron chi connectivity index (χ1n) is 4.39. The molecule has 1 aromatic rings. The lowest BCUT2D eigenvalue weighted by Crippen LogP contribution is -1.94. The van der Waals surface area contributed by atoms with Gasteiger partial charge in [-0.15, -0.1) is 0 Å². The van der Waals surface area contributed by atoms with E-state index in [1.807, 2.05) is 12.1 Å². The van der Waals surface area contributed by atoms with Crippen molar-refractivity contribution >= 4 is 17.4 Å². The van der Waals surface area contributed by atoms with Crippen LogP contribution in [0.15, 0.2) is 18.3 Å². The summed E-state index contributed by atoms with van der Waals surface area (Å²) in [4.78, 5) is 15.0. The first-order valence-corrected chi connectivity index (χ1v) is 4.76. The zero-order valence-electron chi connectivity index (χ0n) is 7.16. The summed E-state index contributed by atoms with van der Waals surface area (Å²) in [5, 5.41) is 0.511. The minimum absolute atomic E-state index is 0.359. The van der Waals surface area contributed by atoms with Crippen molar-refractivity contribution in [1.29, 1.82) is 0 Å². The molecule has 0 radical (unpaired) electrons. The van der Waals surface area contributed by atoms with Gasteiger partial charge in [0.1, 0.15) is 10.9 Å². The Bertz CT molecular complexity index is 337. The molecule has 0 bridgehead atoms. The maximum Gasteiger partial charge on any atom is 0.133 e. The SMILES string of the molecule is O=C1CCC(c2ccnc(Cl)c2)C1. The molecule has 0 N–H and O–H groups in total. The highest BCUT2D eigenvalue weighted by molar-refractivity contribution is 6.29. The molecule has 2 rings (SSSR count). The van der Waals surface area contributed by atoms with Gasteiger partial charge in [0.15, 0.2) is 0 Å². The molecule has 1 unspecified atom stereocenters.